The molecule has 2 heterocycles. The van der Waals surface area contributed by atoms with E-state index in [1.54, 1.807) is 4.90 Å². The minimum absolute atomic E-state index is 0.0254. The number of fused-ring (bicyclic) bond motifs is 1. The molecule has 0 bridgehead atoms. The van der Waals surface area contributed by atoms with Crippen molar-refractivity contribution in [3.05, 3.63) is 0 Å². The average molecular weight is 229 g/mol. The first-order valence-electron chi connectivity index (χ1n) is 5.64. The maximum Gasteiger partial charge on any atom is 0.410 e. The van der Waals surface area contributed by atoms with Gasteiger partial charge in [0.1, 0.15) is 5.60 Å². The molecule has 2 aliphatic heterocycles. The van der Waals surface area contributed by atoms with Crippen molar-refractivity contribution in [3.63, 3.8) is 0 Å². The van der Waals surface area contributed by atoms with Crippen LogP contribution in [0.2, 0.25) is 0 Å². The normalized spacial score (nSPS) is 34.0. The Morgan fingerprint density at radius 1 is 1.44 bits per heavy atom. The zero-order valence-electron chi connectivity index (χ0n) is 9.97. The Balaban J connectivity index is 1.92. The van der Waals surface area contributed by atoms with E-state index < -0.39 is 11.7 Å². The van der Waals surface area contributed by atoms with Gasteiger partial charge in [0, 0.05) is 12.5 Å². The fraction of sp³-hybridized carbons (Fsp3) is 0.909. The standard InChI is InChI=1S/C11H19NO4/c1-11(2,3)16-10(14)12-4-7-8(13)6-15-9(7)5-12/h7-9,13H,4-6H2,1-3H3/t7-,8-,9-/m0/s1. The third-order valence-electron chi connectivity index (χ3n) is 2.94. The molecule has 2 saturated heterocycles. The van der Waals surface area contributed by atoms with Gasteiger partial charge in [0.15, 0.2) is 0 Å². The van der Waals surface area contributed by atoms with Crippen LogP contribution >= 0.6 is 0 Å². The summed E-state index contributed by atoms with van der Waals surface area (Å²) >= 11 is 0. The van der Waals surface area contributed by atoms with Crippen molar-refractivity contribution < 1.29 is 19.4 Å². The molecular formula is C11H19NO4. The van der Waals surface area contributed by atoms with Crippen LogP contribution in [0.4, 0.5) is 4.79 Å². The van der Waals surface area contributed by atoms with E-state index >= 15 is 0 Å². The predicted octanol–water partition coefficient (Wildman–Crippen LogP) is 0.613. The average Bonchev–Trinajstić information content (AvgIpc) is 2.65. The van der Waals surface area contributed by atoms with Crippen LogP contribution in [0.25, 0.3) is 0 Å². The molecule has 0 aliphatic carbocycles. The molecule has 2 fully saturated rings. The highest BCUT2D eigenvalue weighted by Gasteiger charge is 2.45. The number of nitrogens with zero attached hydrogens (tertiary/aromatic N) is 1. The van der Waals surface area contributed by atoms with Crippen molar-refractivity contribution in [3.8, 4) is 0 Å². The Kier molecular flexibility index (Phi) is 2.84. The number of carbonyl (C=O) groups excluding carboxylic acids is 1. The van der Waals surface area contributed by atoms with Crippen LogP contribution in [0, 0.1) is 5.92 Å². The Morgan fingerprint density at radius 2 is 2.12 bits per heavy atom. The Morgan fingerprint density at radius 3 is 2.69 bits per heavy atom. The van der Waals surface area contributed by atoms with Crippen molar-refractivity contribution in [1.82, 2.24) is 4.90 Å². The van der Waals surface area contributed by atoms with Crippen molar-refractivity contribution in [2.24, 2.45) is 5.92 Å². The van der Waals surface area contributed by atoms with E-state index in [2.05, 4.69) is 0 Å². The maximum absolute atomic E-state index is 11.8. The number of hydrogen-bond donors (Lipinski definition) is 1. The van der Waals surface area contributed by atoms with Crippen molar-refractivity contribution >= 4 is 6.09 Å². The van der Waals surface area contributed by atoms with Crippen molar-refractivity contribution in [1.29, 1.82) is 0 Å². The number of carbonyl (C=O) groups is 1. The van der Waals surface area contributed by atoms with E-state index in [0.29, 0.717) is 19.7 Å². The summed E-state index contributed by atoms with van der Waals surface area (Å²) in [5.74, 6) is 0.0486. The fourth-order valence-corrected chi connectivity index (χ4v) is 2.17. The molecule has 2 rings (SSSR count). The van der Waals surface area contributed by atoms with E-state index in [0.717, 1.165) is 0 Å². The number of likely N-dealkylation sites (tertiary alicyclic amines) is 1. The molecule has 3 atom stereocenters. The Labute approximate surface area is 95.3 Å². The Hall–Kier alpha value is -0.810. The van der Waals surface area contributed by atoms with Gasteiger partial charge in [-0.15, -0.1) is 0 Å². The molecule has 2 aliphatic rings. The second-order valence-electron chi connectivity index (χ2n) is 5.49. The Bertz CT molecular complexity index is 286. The number of ether oxygens (including phenoxy) is 2. The summed E-state index contributed by atoms with van der Waals surface area (Å²) in [6.45, 7) is 6.96. The smallest absolute Gasteiger partial charge is 0.410 e. The van der Waals surface area contributed by atoms with Crippen LogP contribution < -0.4 is 0 Å². The number of hydrogen-bond acceptors (Lipinski definition) is 4. The molecule has 5 nitrogen and oxygen atoms in total. The van der Waals surface area contributed by atoms with Gasteiger partial charge in [0.2, 0.25) is 0 Å². The van der Waals surface area contributed by atoms with E-state index in [4.69, 9.17) is 9.47 Å². The lowest BCUT2D eigenvalue weighted by Gasteiger charge is -2.25. The summed E-state index contributed by atoms with van der Waals surface area (Å²) in [4.78, 5) is 13.4. The van der Waals surface area contributed by atoms with Crippen molar-refractivity contribution in [2.45, 2.75) is 38.6 Å². The fourth-order valence-electron chi connectivity index (χ4n) is 2.17. The quantitative estimate of drug-likeness (QED) is 0.661. The van der Waals surface area contributed by atoms with Gasteiger partial charge in [-0.2, -0.15) is 0 Å². The van der Waals surface area contributed by atoms with E-state index in [-0.39, 0.29) is 18.1 Å². The molecule has 0 radical (unpaired) electrons. The third kappa shape index (κ3) is 2.30. The van der Waals surface area contributed by atoms with Gasteiger partial charge in [-0.05, 0) is 20.8 Å². The van der Waals surface area contributed by atoms with E-state index in [1.165, 1.54) is 0 Å². The molecule has 5 heteroatoms. The second kappa shape index (κ2) is 3.89. The number of aliphatic hydroxyl groups excluding tert-OH is 1. The summed E-state index contributed by atoms with van der Waals surface area (Å²) in [5.41, 5.74) is -0.478. The first-order chi connectivity index (χ1) is 7.37. The van der Waals surface area contributed by atoms with Crippen LogP contribution in [0.5, 0.6) is 0 Å². The SMILES string of the molecule is CC(C)(C)OC(=O)N1C[C@@H]2[C@H](C1)OC[C@@H]2O. The lowest BCUT2D eigenvalue weighted by atomic mass is 10.0. The van der Waals surface area contributed by atoms with Gasteiger partial charge >= 0.3 is 6.09 Å². The summed E-state index contributed by atoms with van der Waals surface area (Å²) in [7, 11) is 0. The minimum Gasteiger partial charge on any atom is -0.444 e. The lowest BCUT2D eigenvalue weighted by Crippen LogP contribution is -2.37. The lowest BCUT2D eigenvalue weighted by molar-refractivity contribution is 0.0192. The molecule has 1 N–H and O–H groups in total. The van der Waals surface area contributed by atoms with E-state index in [1.807, 2.05) is 20.8 Å². The molecule has 16 heavy (non-hydrogen) atoms. The predicted molar refractivity (Wildman–Crippen MR) is 57.0 cm³/mol. The molecule has 0 aromatic carbocycles. The van der Waals surface area contributed by atoms with Gasteiger partial charge in [0.05, 0.1) is 25.4 Å². The van der Waals surface area contributed by atoms with Gasteiger partial charge < -0.3 is 19.5 Å². The van der Waals surface area contributed by atoms with Gasteiger partial charge in [0.25, 0.3) is 0 Å². The van der Waals surface area contributed by atoms with Crippen LogP contribution in [-0.2, 0) is 9.47 Å². The molecular weight excluding hydrogens is 210 g/mol. The van der Waals surface area contributed by atoms with Gasteiger partial charge in [-0.3, -0.25) is 0 Å². The summed E-state index contributed by atoms with van der Waals surface area (Å²) < 4.78 is 10.7. The number of rotatable bonds is 0. The molecule has 0 spiro atoms. The maximum atomic E-state index is 11.8. The molecule has 0 saturated carbocycles. The zero-order chi connectivity index (χ0) is 11.9. The number of amides is 1. The topological polar surface area (TPSA) is 59.0 Å². The van der Waals surface area contributed by atoms with Crippen LogP contribution in [-0.4, -0.2) is 53.6 Å². The molecule has 0 aromatic heterocycles. The molecule has 92 valence electrons. The highest BCUT2D eigenvalue weighted by atomic mass is 16.6. The van der Waals surface area contributed by atoms with Gasteiger partial charge in [-0.1, -0.05) is 0 Å². The van der Waals surface area contributed by atoms with Crippen LogP contribution in [0.1, 0.15) is 20.8 Å². The minimum atomic E-state index is -0.478. The first-order valence-corrected chi connectivity index (χ1v) is 5.64. The molecule has 0 aromatic rings. The molecule has 0 unspecified atom stereocenters. The third-order valence-corrected chi connectivity index (χ3v) is 2.94. The first kappa shape index (κ1) is 11.7. The van der Waals surface area contributed by atoms with Crippen molar-refractivity contribution in [2.75, 3.05) is 19.7 Å². The highest BCUT2D eigenvalue weighted by Crippen LogP contribution is 2.30. The largest absolute Gasteiger partial charge is 0.444 e. The van der Waals surface area contributed by atoms with E-state index in [9.17, 15) is 9.90 Å². The zero-order valence-corrected chi connectivity index (χ0v) is 9.97. The van der Waals surface area contributed by atoms with Crippen LogP contribution in [0.15, 0.2) is 0 Å². The monoisotopic (exact) mass is 229 g/mol. The highest BCUT2D eigenvalue weighted by molar-refractivity contribution is 5.68. The van der Waals surface area contributed by atoms with Crippen LogP contribution in [0.3, 0.4) is 0 Å². The van der Waals surface area contributed by atoms with Gasteiger partial charge in [-0.25, -0.2) is 4.79 Å². The second-order valence-corrected chi connectivity index (χ2v) is 5.49. The summed E-state index contributed by atoms with van der Waals surface area (Å²) in [6, 6.07) is 0. The molecule has 1 amide bonds. The number of aliphatic hydroxyl groups is 1. The summed E-state index contributed by atoms with van der Waals surface area (Å²) in [5, 5.41) is 9.63. The summed E-state index contributed by atoms with van der Waals surface area (Å²) in [6.07, 6.45) is -0.794.